The lowest BCUT2D eigenvalue weighted by Crippen LogP contribution is -2.05. The molecule has 2 heteroatoms. The van der Waals surface area contributed by atoms with Crippen LogP contribution >= 0.6 is 21.6 Å². The van der Waals surface area contributed by atoms with Gasteiger partial charge < -0.3 is 0 Å². The molecule has 0 aromatic rings. The minimum atomic E-state index is 0. The first-order chi connectivity index (χ1) is 5.95. The lowest BCUT2D eigenvalue weighted by Gasteiger charge is -2.16. The summed E-state index contributed by atoms with van der Waals surface area (Å²) < 4.78 is 0.346. The average Bonchev–Trinajstić information content (AvgIpc) is 2.05. The largest absolute Gasteiger partial charge is 0.120 e. The zero-order valence-electron chi connectivity index (χ0n) is 9.68. The van der Waals surface area contributed by atoms with Crippen molar-refractivity contribution in [1.82, 2.24) is 0 Å². The summed E-state index contributed by atoms with van der Waals surface area (Å²) in [5.41, 5.74) is 0. The molecule has 1 atom stereocenters. The van der Waals surface area contributed by atoms with Gasteiger partial charge in [-0.3, -0.25) is 0 Å². The Balaban J connectivity index is -0.000000376. The van der Waals surface area contributed by atoms with Gasteiger partial charge in [0.1, 0.15) is 0 Å². The van der Waals surface area contributed by atoms with Gasteiger partial charge in [-0.2, -0.15) is 0 Å². The molecular weight excluding hydrogens is 196 g/mol. The van der Waals surface area contributed by atoms with E-state index in [0.29, 0.717) is 10.7 Å². The molecule has 0 heterocycles. The topological polar surface area (TPSA) is 0 Å². The van der Waals surface area contributed by atoms with Crippen LogP contribution in [-0.4, -0.2) is 10.5 Å². The van der Waals surface area contributed by atoms with Gasteiger partial charge in [0.05, 0.1) is 0 Å². The molecule has 0 fully saturated rings. The smallest absolute Gasteiger partial charge is 0.0270 e. The zero-order valence-corrected chi connectivity index (χ0v) is 11.3. The van der Waals surface area contributed by atoms with Crippen LogP contribution in [0.25, 0.3) is 0 Å². The van der Waals surface area contributed by atoms with E-state index in [4.69, 9.17) is 6.42 Å². The van der Waals surface area contributed by atoms with E-state index in [1.165, 1.54) is 0 Å². The third kappa shape index (κ3) is 15.1. The summed E-state index contributed by atoms with van der Waals surface area (Å²) in [4.78, 5) is 0. The second-order valence-corrected chi connectivity index (χ2v) is 6.72. The van der Waals surface area contributed by atoms with Crippen molar-refractivity contribution >= 4 is 21.6 Å². The highest BCUT2D eigenvalue weighted by Gasteiger charge is 2.11. The van der Waals surface area contributed by atoms with Gasteiger partial charge in [-0.15, -0.1) is 12.3 Å². The normalized spacial score (nSPS) is 12.4. The zero-order chi connectivity index (χ0) is 10.9. The van der Waals surface area contributed by atoms with Gasteiger partial charge in [-0.05, 0) is 0 Å². The third-order valence-corrected chi connectivity index (χ3v) is 4.43. The Morgan fingerprint density at radius 2 is 1.85 bits per heavy atom. The van der Waals surface area contributed by atoms with Crippen LogP contribution in [0.3, 0.4) is 0 Å². The quantitative estimate of drug-likeness (QED) is 0.499. The number of terminal acetylenes is 1. The predicted molar refractivity (Wildman–Crippen MR) is 71.3 cm³/mol. The van der Waals surface area contributed by atoms with Crippen LogP contribution in [-0.2, 0) is 0 Å². The summed E-state index contributed by atoms with van der Waals surface area (Å²) in [7, 11) is 3.77. The van der Waals surface area contributed by atoms with E-state index in [9.17, 15) is 0 Å². The molecule has 0 aliphatic rings. The molecule has 0 nitrogen and oxygen atoms in total. The first-order valence-electron chi connectivity index (χ1n) is 4.72. The molecule has 0 aromatic carbocycles. The van der Waals surface area contributed by atoms with Crippen LogP contribution in [0.1, 0.15) is 43.0 Å². The van der Waals surface area contributed by atoms with Crippen molar-refractivity contribution in [2.45, 2.75) is 46.3 Å². The Labute approximate surface area is 93.5 Å². The van der Waals surface area contributed by atoms with Crippen molar-refractivity contribution in [3.8, 4) is 12.3 Å². The van der Waals surface area contributed by atoms with Crippen LogP contribution in [0.4, 0.5) is 0 Å². The molecule has 0 radical (unpaired) electrons. The third-order valence-electron chi connectivity index (χ3n) is 0.911. The number of rotatable bonds is 3. The van der Waals surface area contributed by atoms with Gasteiger partial charge in [0, 0.05) is 17.8 Å². The van der Waals surface area contributed by atoms with Gasteiger partial charge in [0.2, 0.25) is 0 Å². The highest BCUT2D eigenvalue weighted by molar-refractivity contribution is 8.77. The predicted octanol–water partition coefficient (Wildman–Crippen LogP) is 4.71. The van der Waals surface area contributed by atoms with Crippen LogP contribution in [0.15, 0.2) is 0 Å². The molecule has 0 aliphatic heterocycles. The van der Waals surface area contributed by atoms with Crippen molar-refractivity contribution in [2.24, 2.45) is 5.92 Å². The monoisotopic (exact) mass is 220 g/mol. The maximum atomic E-state index is 5.25. The molecule has 0 aromatic heterocycles. The minimum Gasteiger partial charge on any atom is -0.120 e. The first-order valence-corrected chi connectivity index (χ1v) is 7.04. The van der Waals surface area contributed by atoms with Crippen molar-refractivity contribution in [3.05, 3.63) is 0 Å². The molecule has 0 spiro atoms. The molecule has 0 saturated carbocycles. The van der Waals surface area contributed by atoms with Crippen molar-refractivity contribution in [2.75, 3.05) is 5.75 Å². The molecule has 0 saturated heterocycles. The average molecular weight is 220 g/mol. The lowest BCUT2D eigenvalue weighted by atomic mass is 10.2. The van der Waals surface area contributed by atoms with E-state index in [1.807, 2.05) is 35.4 Å². The van der Waals surface area contributed by atoms with Gasteiger partial charge in [0.15, 0.2) is 0 Å². The van der Waals surface area contributed by atoms with Gasteiger partial charge >= 0.3 is 0 Å². The first kappa shape index (κ1) is 15.7. The van der Waals surface area contributed by atoms with Crippen LogP contribution in [0, 0.1) is 18.3 Å². The summed E-state index contributed by atoms with van der Waals surface area (Å²) in [5.74, 6) is 4.17. The molecular formula is C11H24S2. The highest BCUT2D eigenvalue weighted by atomic mass is 33.1. The molecule has 0 unspecified atom stereocenters. The molecule has 0 bridgehead atoms. The molecule has 0 aliphatic carbocycles. The van der Waals surface area contributed by atoms with E-state index in [0.717, 1.165) is 5.75 Å². The Hall–Kier alpha value is 0.260. The fourth-order valence-corrected chi connectivity index (χ4v) is 2.96. The van der Waals surface area contributed by atoms with Gasteiger partial charge in [-0.1, -0.05) is 63.1 Å². The lowest BCUT2D eigenvalue weighted by molar-refractivity contribution is 0.810. The highest BCUT2D eigenvalue weighted by Crippen LogP contribution is 2.35. The fraction of sp³-hybridized carbons (Fsp3) is 0.818. The maximum absolute atomic E-state index is 5.25. The second-order valence-electron chi connectivity index (χ2n) is 3.55. The van der Waals surface area contributed by atoms with Gasteiger partial charge in [-0.25, -0.2) is 0 Å². The molecule has 80 valence electrons. The fourth-order valence-electron chi connectivity index (χ4n) is 0.361. The van der Waals surface area contributed by atoms with Crippen molar-refractivity contribution in [1.29, 1.82) is 0 Å². The van der Waals surface area contributed by atoms with E-state index < -0.39 is 0 Å². The summed E-state index contributed by atoms with van der Waals surface area (Å²) in [6, 6.07) is 0. The number of hydrogen-bond acceptors (Lipinski definition) is 2. The Morgan fingerprint density at radius 1 is 1.38 bits per heavy atom. The van der Waals surface area contributed by atoms with Crippen LogP contribution < -0.4 is 0 Å². The van der Waals surface area contributed by atoms with Gasteiger partial charge in [0.25, 0.3) is 0 Å². The van der Waals surface area contributed by atoms with Crippen LogP contribution in [0.2, 0.25) is 0 Å². The second kappa shape index (κ2) is 8.84. The minimum absolute atomic E-state index is 0. The molecule has 13 heavy (non-hydrogen) atoms. The number of hydrogen-bond donors (Lipinski definition) is 0. The van der Waals surface area contributed by atoms with Crippen molar-refractivity contribution < 1.29 is 1.43 Å². The van der Waals surface area contributed by atoms with E-state index in [1.54, 1.807) is 0 Å². The summed E-state index contributed by atoms with van der Waals surface area (Å²) in [6.07, 6.45) is 5.25. The van der Waals surface area contributed by atoms with Crippen LogP contribution in [0.5, 0.6) is 0 Å². The maximum Gasteiger partial charge on any atom is 0.0270 e. The van der Waals surface area contributed by atoms with E-state index in [2.05, 4.69) is 33.6 Å². The SMILES string of the molecule is C#C[C@H](C)CSSC(C)(C)C.CC.[HH]. The standard InChI is InChI=1S/C9H16S2.C2H6.H2/c1-6-8(2)7-10-11-9(3,4)5;1-2;/h1,8H,7H2,2-5H3;1-2H3;1H/t8-;;/m0../s1. The summed E-state index contributed by atoms with van der Waals surface area (Å²) in [5, 5.41) is 0. The summed E-state index contributed by atoms with van der Waals surface area (Å²) >= 11 is 0. The molecule has 0 amide bonds. The van der Waals surface area contributed by atoms with E-state index >= 15 is 0 Å². The van der Waals surface area contributed by atoms with E-state index in [-0.39, 0.29) is 1.43 Å². The van der Waals surface area contributed by atoms with Crippen molar-refractivity contribution in [3.63, 3.8) is 0 Å². The Kier molecular flexibility index (Phi) is 10.7. The molecule has 0 rings (SSSR count). The summed E-state index contributed by atoms with van der Waals surface area (Å²) in [6.45, 7) is 12.7. The molecule has 0 N–H and O–H groups in total. The Morgan fingerprint density at radius 3 is 2.15 bits per heavy atom. The Bertz CT molecular complexity index is 144.